The molecular formula is C24H20O3. The first-order valence-corrected chi connectivity index (χ1v) is 8.84. The van der Waals surface area contributed by atoms with Crippen LogP contribution in [0.25, 0.3) is 5.57 Å². The molecule has 27 heavy (non-hydrogen) atoms. The molecule has 0 fully saturated rings. The minimum Gasteiger partial charge on any atom is -0.489 e. The number of Topliss-reactive ketones (excluding diaryl/α,β-unsaturated/α-hetero) is 2. The summed E-state index contributed by atoms with van der Waals surface area (Å²) >= 11 is 0. The average molecular weight is 356 g/mol. The van der Waals surface area contributed by atoms with Gasteiger partial charge in [-0.05, 0) is 12.5 Å². The Hall–Kier alpha value is -3.46. The van der Waals surface area contributed by atoms with E-state index < -0.39 is 0 Å². The summed E-state index contributed by atoms with van der Waals surface area (Å²) in [5.74, 6) is -0.473. The number of rotatable bonds is 7. The van der Waals surface area contributed by atoms with Gasteiger partial charge in [0.15, 0.2) is 11.5 Å². The standard InChI is InChI=1S/C24H20O3/c1-2-27-24(23(26)20-16-10-5-11-17-20)21(18-12-6-3-7-13-18)22(25)19-14-8-4-9-15-19/h3-17H,2H2,1H3/b24-21+. The van der Waals surface area contributed by atoms with Gasteiger partial charge in [-0.15, -0.1) is 0 Å². The Labute approximate surface area is 158 Å². The van der Waals surface area contributed by atoms with Crippen LogP contribution in [0.5, 0.6) is 0 Å². The van der Waals surface area contributed by atoms with Gasteiger partial charge in [-0.25, -0.2) is 0 Å². The zero-order chi connectivity index (χ0) is 19.1. The van der Waals surface area contributed by atoms with Crippen molar-refractivity contribution in [3.8, 4) is 0 Å². The predicted octanol–water partition coefficient (Wildman–Crippen LogP) is 5.20. The second-order valence-corrected chi connectivity index (χ2v) is 5.89. The van der Waals surface area contributed by atoms with Gasteiger partial charge in [0, 0.05) is 11.1 Å². The van der Waals surface area contributed by atoms with Crippen molar-refractivity contribution in [1.82, 2.24) is 0 Å². The molecule has 3 aromatic rings. The Bertz CT molecular complexity index is 943. The summed E-state index contributed by atoms with van der Waals surface area (Å²) in [7, 11) is 0. The fraction of sp³-hybridized carbons (Fsp3) is 0.0833. The van der Waals surface area contributed by atoms with Crippen molar-refractivity contribution in [2.45, 2.75) is 6.92 Å². The van der Waals surface area contributed by atoms with E-state index in [2.05, 4.69) is 0 Å². The minimum atomic E-state index is -0.305. The van der Waals surface area contributed by atoms with Crippen molar-refractivity contribution in [1.29, 1.82) is 0 Å². The number of hydrogen-bond donors (Lipinski definition) is 0. The Morgan fingerprint density at radius 2 is 1.04 bits per heavy atom. The minimum absolute atomic E-state index is 0.0729. The van der Waals surface area contributed by atoms with Crippen molar-refractivity contribution >= 4 is 17.1 Å². The van der Waals surface area contributed by atoms with Crippen LogP contribution in [-0.2, 0) is 4.74 Å². The maximum atomic E-state index is 13.3. The van der Waals surface area contributed by atoms with Crippen LogP contribution in [0, 0.1) is 0 Å². The monoisotopic (exact) mass is 356 g/mol. The molecule has 0 atom stereocenters. The van der Waals surface area contributed by atoms with Crippen LogP contribution < -0.4 is 0 Å². The molecule has 0 N–H and O–H groups in total. The number of carbonyl (C=O) groups is 2. The molecule has 3 aromatic carbocycles. The molecule has 3 nitrogen and oxygen atoms in total. The SMILES string of the molecule is CCO/C(C(=O)c1ccccc1)=C(/C(=O)c1ccccc1)c1ccccc1. The van der Waals surface area contributed by atoms with Gasteiger partial charge in [0.25, 0.3) is 0 Å². The molecule has 0 saturated carbocycles. The number of benzene rings is 3. The van der Waals surface area contributed by atoms with Crippen molar-refractivity contribution in [3.63, 3.8) is 0 Å². The molecule has 0 saturated heterocycles. The number of allylic oxidation sites excluding steroid dienone is 2. The third-order valence-electron chi connectivity index (χ3n) is 4.08. The first kappa shape index (κ1) is 18.3. The lowest BCUT2D eigenvalue weighted by Gasteiger charge is -2.15. The third kappa shape index (κ3) is 4.21. The van der Waals surface area contributed by atoms with Gasteiger partial charge in [-0.2, -0.15) is 0 Å². The van der Waals surface area contributed by atoms with Crippen LogP contribution in [-0.4, -0.2) is 18.2 Å². The molecule has 0 aromatic heterocycles. The molecule has 0 spiro atoms. The maximum Gasteiger partial charge on any atom is 0.228 e. The van der Waals surface area contributed by atoms with E-state index in [0.29, 0.717) is 16.7 Å². The van der Waals surface area contributed by atoms with Gasteiger partial charge < -0.3 is 4.74 Å². The topological polar surface area (TPSA) is 43.4 Å². The summed E-state index contributed by atoms with van der Waals surface area (Å²) in [4.78, 5) is 26.5. The van der Waals surface area contributed by atoms with Gasteiger partial charge in [-0.1, -0.05) is 91.0 Å². The van der Waals surface area contributed by atoms with Crippen LogP contribution in [0.3, 0.4) is 0 Å². The van der Waals surface area contributed by atoms with Crippen molar-refractivity contribution in [3.05, 3.63) is 113 Å². The number of ketones is 2. The largest absolute Gasteiger partial charge is 0.489 e. The van der Waals surface area contributed by atoms with Crippen molar-refractivity contribution in [2.75, 3.05) is 6.61 Å². The molecule has 0 unspecified atom stereocenters. The Balaban J connectivity index is 2.21. The van der Waals surface area contributed by atoms with E-state index in [4.69, 9.17) is 4.74 Å². The number of ether oxygens (including phenoxy) is 1. The normalized spacial score (nSPS) is 11.4. The van der Waals surface area contributed by atoms with Crippen LogP contribution in [0.15, 0.2) is 96.8 Å². The highest BCUT2D eigenvalue weighted by Gasteiger charge is 2.25. The summed E-state index contributed by atoms with van der Waals surface area (Å²) in [6.45, 7) is 2.08. The number of carbonyl (C=O) groups excluding carboxylic acids is 2. The zero-order valence-electron chi connectivity index (χ0n) is 15.1. The first-order valence-electron chi connectivity index (χ1n) is 8.84. The highest BCUT2D eigenvalue weighted by molar-refractivity contribution is 6.34. The summed E-state index contributed by atoms with van der Waals surface area (Å²) in [6, 6.07) is 27.0. The van der Waals surface area contributed by atoms with Crippen LogP contribution in [0.4, 0.5) is 0 Å². The Kier molecular flexibility index (Phi) is 5.95. The smallest absolute Gasteiger partial charge is 0.228 e. The second kappa shape index (κ2) is 8.77. The molecule has 0 aliphatic heterocycles. The predicted molar refractivity (Wildman–Crippen MR) is 107 cm³/mol. The summed E-state index contributed by atoms with van der Waals surface area (Å²) < 4.78 is 5.73. The van der Waals surface area contributed by atoms with Gasteiger partial charge in [-0.3, -0.25) is 9.59 Å². The Morgan fingerprint density at radius 1 is 0.630 bits per heavy atom. The molecule has 0 aliphatic rings. The quantitative estimate of drug-likeness (QED) is 0.332. The van der Waals surface area contributed by atoms with Crippen LogP contribution in [0.2, 0.25) is 0 Å². The van der Waals surface area contributed by atoms with Crippen molar-refractivity contribution < 1.29 is 14.3 Å². The third-order valence-corrected chi connectivity index (χ3v) is 4.08. The van der Waals surface area contributed by atoms with Gasteiger partial charge >= 0.3 is 0 Å². The first-order chi connectivity index (χ1) is 13.2. The summed E-state index contributed by atoms with van der Waals surface area (Å²) in [5, 5.41) is 0. The lowest BCUT2D eigenvalue weighted by Crippen LogP contribution is -2.15. The van der Waals surface area contributed by atoms with E-state index in [1.54, 1.807) is 55.5 Å². The van der Waals surface area contributed by atoms with Gasteiger partial charge in [0.2, 0.25) is 5.78 Å². The van der Waals surface area contributed by atoms with E-state index in [0.717, 1.165) is 0 Å². The van der Waals surface area contributed by atoms with E-state index in [1.807, 2.05) is 42.5 Å². The summed E-state index contributed by atoms with van der Waals surface area (Å²) in [6.07, 6.45) is 0. The average Bonchev–Trinajstić information content (AvgIpc) is 2.75. The fourth-order valence-corrected chi connectivity index (χ4v) is 2.82. The molecule has 134 valence electrons. The van der Waals surface area contributed by atoms with Crippen LogP contribution in [0.1, 0.15) is 33.2 Å². The van der Waals surface area contributed by atoms with E-state index in [9.17, 15) is 9.59 Å². The van der Waals surface area contributed by atoms with E-state index in [-0.39, 0.29) is 29.5 Å². The molecule has 0 amide bonds. The van der Waals surface area contributed by atoms with Crippen molar-refractivity contribution in [2.24, 2.45) is 0 Å². The molecule has 0 radical (unpaired) electrons. The zero-order valence-corrected chi connectivity index (χ0v) is 15.1. The maximum absolute atomic E-state index is 13.3. The molecular weight excluding hydrogens is 336 g/mol. The number of hydrogen-bond acceptors (Lipinski definition) is 3. The highest BCUT2D eigenvalue weighted by Crippen LogP contribution is 2.27. The molecule has 3 rings (SSSR count). The van der Waals surface area contributed by atoms with E-state index in [1.165, 1.54) is 0 Å². The molecule has 0 aliphatic carbocycles. The molecule has 0 bridgehead atoms. The van der Waals surface area contributed by atoms with E-state index >= 15 is 0 Å². The second-order valence-electron chi connectivity index (χ2n) is 5.89. The lowest BCUT2D eigenvalue weighted by molar-refractivity contribution is 0.0917. The lowest BCUT2D eigenvalue weighted by atomic mass is 9.93. The fourth-order valence-electron chi connectivity index (χ4n) is 2.82. The molecule has 3 heteroatoms. The molecule has 0 heterocycles. The van der Waals surface area contributed by atoms with Gasteiger partial charge in [0.1, 0.15) is 0 Å². The highest BCUT2D eigenvalue weighted by atomic mass is 16.5. The van der Waals surface area contributed by atoms with Gasteiger partial charge in [0.05, 0.1) is 12.2 Å². The Morgan fingerprint density at radius 3 is 1.48 bits per heavy atom. The summed E-state index contributed by atoms with van der Waals surface area (Å²) in [5.41, 5.74) is 1.92. The van der Waals surface area contributed by atoms with Crippen LogP contribution >= 0.6 is 0 Å².